The largest absolute Gasteiger partial charge is 0.0949 e. The molecule has 2 rings (SSSR count). The van der Waals surface area contributed by atoms with Gasteiger partial charge < -0.3 is 0 Å². The van der Waals surface area contributed by atoms with E-state index in [0.717, 1.165) is 5.57 Å². The highest BCUT2D eigenvalue weighted by atomic mass is 14.3. The van der Waals surface area contributed by atoms with Crippen molar-refractivity contribution in [1.82, 2.24) is 0 Å². The topological polar surface area (TPSA) is 0 Å². The first kappa shape index (κ1) is 22.0. The summed E-state index contributed by atoms with van der Waals surface area (Å²) in [6.07, 6.45) is 6.56. The molecule has 0 heteroatoms. The van der Waals surface area contributed by atoms with Crippen LogP contribution in [0, 0.1) is 20.8 Å². The van der Waals surface area contributed by atoms with Crippen LogP contribution in [-0.2, 0) is 10.8 Å². The van der Waals surface area contributed by atoms with E-state index in [9.17, 15) is 0 Å². The lowest BCUT2D eigenvalue weighted by atomic mass is 9.75. The van der Waals surface area contributed by atoms with Gasteiger partial charge in [0, 0.05) is 10.8 Å². The van der Waals surface area contributed by atoms with Crippen molar-refractivity contribution in [3.05, 3.63) is 106 Å². The number of benzene rings is 2. The van der Waals surface area contributed by atoms with Crippen LogP contribution in [0.2, 0.25) is 0 Å². The Bertz CT molecular complexity index is 917. The van der Waals surface area contributed by atoms with Gasteiger partial charge in [0.25, 0.3) is 0 Å². The average molecular weight is 373 g/mol. The molecule has 0 radical (unpaired) electrons. The van der Waals surface area contributed by atoms with Crippen molar-refractivity contribution in [1.29, 1.82) is 0 Å². The van der Waals surface area contributed by atoms with Crippen molar-refractivity contribution in [3.63, 3.8) is 0 Å². The molecule has 0 aromatic heterocycles. The summed E-state index contributed by atoms with van der Waals surface area (Å²) in [4.78, 5) is 0. The summed E-state index contributed by atoms with van der Waals surface area (Å²) in [7, 11) is 0. The Morgan fingerprint density at radius 3 is 2.07 bits per heavy atom. The molecule has 0 nitrogen and oxygen atoms in total. The zero-order valence-corrected chi connectivity index (χ0v) is 19.0. The fraction of sp³-hybridized carbons (Fsp3) is 0.357. The van der Waals surface area contributed by atoms with Crippen LogP contribution in [0.25, 0.3) is 0 Å². The molecule has 0 fully saturated rings. The molecule has 0 N–H and O–H groups in total. The molecular weight excluding hydrogens is 336 g/mol. The minimum absolute atomic E-state index is 0.000333. The second-order valence-corrected chi connectivity index (χ2v) is 9.12. The summed E-state index contributed by atoms with van der Waals surface area (Å²) in [6, 6.07) is 15.3. The van der Waals surface area contributed by atoms with Crippen LogP contribution in [0.5, 0.6) is 0 Å². The minimum Gasteiger partial charge on any atom is -0.0949 e. The van der Waals surface area contributed by atoms with Crippen LogP contribution in [0.4, 0.5) is 0 Å². The standard InChI is InChI=1S/C28H36/c1-20-17-18-22(3)26(19-20)28(8,9)24(5)15-12-14-23(4)27(6,7)25-16-11-10-13-21(25)2/h10-19H,5H2,1-4,6-9H3/b15-12+,23-14-. The lowest BCUT2D eigenvalue weighted by molar-refractivity contribution is 0.619. The Morgan fingerprint density at radius 1 is 0.821 bits per heavy atom. The zero-order chi connectivity index (χ0) is 21.1. The maximum absolute atomic E-state index is 4.39. The summed E-state index contributed by atoms with van der Waals surface area (Å²) in [5, 5.41) is 0. The van der Waals surface area contributed by atoms with E-state index in [1.54, 1.807) is 0 Å². The maximum atomic E-state index is 4.39. The third-order valence-electron chi connectivity index (χ3n) is 6.32. The highest BCUT2D eigenvalue weighted by Crippen LogP contribution is 2.35. The first-order chi connectivity index (χ1) is 13.0. The first-order valence-corrected chi connectivity index (χ1v) is 10.2. The summed E-state index contributed by atoms with van der Waals surface area (Å²) in [5.41, 5.74) is 9.05. The van der Waals surface area contributed by atoms with Crippen LogP contribution >= 0.6 is 0 Å². The van der Waals surface area contributed by atoms with E-state index in [0.29, 0.717) is 0 Å². The monoisotopic (exact) mass is 372 g/mol. The van der Waals surface area contributed by atoms with Gasteiger partial charge in [0.1, 0.15) is 0 Å². The first-order valence-electron chi connectivity index (χ1n) is 10.2. The lowest BCUT2D eigenvalue weighted by Gasteiger charge is -2.29. The van der Waals surface area contributed by atoms with Crippen molar-refractivity contribution >= 4 is 0 Å². The molecule has 0 bridgehead atoms. The molecule has 0 saturated carbocycles. The number of hydrogen-bond donors (Lipinski definition) is 0. The van der Waals surface area contributed by atoms with E-state index in [4.69, 9.17) is 0 Å². The molecule has 0 atom stereocenters. The Labute approximate surface area is 172 Å². The predicted octanol–water partition coefficient (Wildman–Crippen LogP) is 7.93. The van der Waals surface area contributed by atoms with Gasteiger partial charge in [0.2, 0.25) is 0 Å². The highest BCUT2D eigenvalue weighted by molar-refractivity contribution is 5.45. The van der Waals surface area contributed by atoms with Crippen LogP contribution in [-0.4, -0.2) is 0 Å². The van der Waals surface area contributed by atoms with Crippen LogP contribution in [0.1, 0.15) is 62.4 Å². The molecule has 0 saturated heterocycles. The zero-order valence-electron chi connectivity index (χ0n) is 19.0. The highest BCUT2D eigenvalue weighted by Gasteiger charge is 2.25. The van der Waals surface area contributed by atoms with Crippen molar-refractivity contribution in [2.75, 3.05) is 0 Å². The maximum Gasteiger partial charge on any atom is 0.0143 e. The Balaban J connectivity index is 2.26. The van der Waals surface area contributed by atoms with Gasteiger partial charge in [0.05, 0.1) is 0 Å². The van der Waals surface area contributed by atoms with E-state index < -0.39 is 0 Å². The summed E-state index contributed by atoms with van der Waals surface area (Å²) >= 11 is 0. The fourth-order valence-corrected chi connectivity index (χ4v) is 3.79. The smallest absolute Gasteiger partial charge is 0.0143 e. The van der Waals surface area contributed by atoms with Crippen molar-refractivity contribution in [3.8, 4) is 0 Å². The van der Waals surface area contributed by atoms with Gasteiger partial charge in [-0.2, -0.15) is 0 Å². The van der Waals surface area contributed by atoms with Gasteiger partial charge >= 0.3 is 0 Å². The van der Waals surface area contributed by atoms with Crippen LogP contribution in [0.15, 0.2) is 78.4 Å². The molecule has 0 aliphatic rings. The third kappa shape index (κ3) is 4.55. The summed E-state index contributed by atoms with van der Waals surface area (Å²) in [5.74, 6) is 0. The molecule has 2 aromatic carbocycles. The van der Waals surface area contributed by atoms with E-state index >= 15 is 0 Å². The quantitative estimate of drug-likeness (QED) is 0.452. The third-order valence-corrected chi connectivity index (χ3v) is 6.32. The predicted molar refractivity (Wildman–Crippen MR) is 125 cm³/mol. The molecular formula is C28H36. The van der Waals surface area contributed by atoms with Gasteiger partial charge in [-0.15, -0.1) is 0 Å². The van der Waals surface area contributed by atoms with Crippen molar-refractivity contribution < 1.29 is 0 Å². The van der Waals surface area contributed by atoms with Crippen molar-refractivity contribution in [2.45, 2.75) is 66.2 Å². The normalized spacial score (nSPS) is 13.2. The molecule has 28 heavy (non-hydrogen) atoms. The lowest BCUT2D eigenvalue weighted by Crippen LogP contribution is -2.20. The summed E-state index contributed by atoms with van der Waals surface area (Å²) in [6.45, 7) is 22.2. The Kier molecular flexibility index (Phi) is 6.55. The number of allylic oxidation sites excluding steroid dienone is 5. The van der Waals surface area contributed by atoms with E-state index in [2.05, 4.69) is 123 Å². The van der Waals surface area contributed by atoms with Gasteiger partial charge in [0.15, 0.2) is 0 Å². The van der Waals surface area contributed by atoms with E-state index in [1.165, 1.54) is 33.4 Å². The molecule has 148 valence electrons. The fourth-order valence-electron chi connectivity index (χ4n) is 3.79. The van der Waals surface area contributed by atoms with Gasteiger partial charge in [-0.05, 0) is 55.5 Å². The van der Waals surface area contributed by atoms with E-state index in [1.807, 2.05) is 0 Å². The number of rotatable bonds is 6. The second-order valence-electron chi connectivity index (χ2n) is 9.12. The Hall–Kier alpha value is -2.34. The molecule has 0 spiro atoms. The molecule has 0 aliphatic heterocycles. The Morgan fingerprint density at radius 2 is 1.43 bits per heavy atom. The average Bonchev–Trinajstić information content (AvgIpc) is 2.63. The summed E-state index contributed by atoms with van der Waals surface area (Å²) < 4.78 is 0. The van der Waals surface area contributed by atoms with Crippen LogP contribution < -0.4 is 0 Å². The van der Waals surface area contributed by atoms with Gasteiger partial charge in [-0.1, -0.05) is 106 Å². The second kappa shape index (κ2) is 8.35. The van der Waals surface area contributed by atoms with E-state index in [-0.39, 0.29) is 10.8 Å². The van der Waals surface area contributed by atoms with Gasteiger partial charge in [-0.3, -0.25) is 0 Å². The number of aryl methyl sites for hydroxylation is 3. The molecule has 0 aliphatic carbocycles. The SMILES string of the molecule is C=C(/C=C/C=C(/C)C(C)(C)c1ccccc1C)C(C)(C)c1cc(C)ccc1C. The molecule has 2 aromatic rings. The number of hydrogen-bond acceptors (Lipinski definition) is 0. The molecule has 0 amide bonds. The molecule has 0 unspecified atom stereocenters. The minimum atomic E-state index is -0.0973. The van der Waals surface area contributed by atoms with Crippen molar-refractivity contribution in [2.24, 2.45) is 0 Å². The molecule has 0 heterocycles. The van der Waals surface area contributed by atoms with Gasteiger partial charge in [-0.25, -0.2) is 0 Å². The van der Waals surface area contributed by atoms with Crippen LogP contribution in [0.3, 0.4) is 0 Å².